The Morgan fingerprint density at radius 1 is 0.742 bits per heavy atom. The molecule has 0 saturated carbocycles. The summed E-state index contributed by atoms with van der Waals surface area (Å²) in [4.78, 5) is 23.8. The molecule has 2 aromatic carbocycles. The van der Waals surface area contributed by atoms with E-state index < -0.39 is 70.4 Å². The Labute approximate surface area is 172 Å². The minimum atomic E-state index is -4.89. The van der Waals surface area contributed by atoms with Gasteiger partial charge < -0.3 is 10.2 Å². The lowest BCUT2D eigenvalue weighted by Gasteiger charge is -2.32. The molecule has 2 rings (SSSR count). The highest BCUT2D eigenvalue weighted by molar-refractivity contribution is 5.96. The number of halogens is 6. The maximum Gasteiger partial charge on any atom is 0.416 e. The molecule has 0 spiro atoms. The van der Waals surface area contributed by atoms with Gasteiger partial charge in [-0.2, -0.15) is 26.3 Å². The monoisotopic (exact) mass is 446 g/mol. The molecule has 0 bridgehead atoms. The van der Waals surface area contributed by atoms with Crippen LogP contribution < -0.4 is 0 Å². The van der Waals surface area contributed by atoms with Gasteiger partial charge in [0, 0.05) is 5.57 Å². The minimum Gasteiger partial charge on any atom is -0.481 e. The van der Waals surface area contributed by atoms with Crippen LogP contribution in [0, 0.1) is 5.41 Å². The predicted octanol–water partition coefficient (Wildman–Crippen LogP) is 5.22. The van der Waals surface area contributed by atoms with E-state index in [4.69, 9.17) is 0 Å². The molecule has 0 fully saturated rings. The van der Waals surface area contributed by atoms with E-state index >= 15 is 0 Å². The second-order valence-corrected chi connectivity index (χ2v) is 6.83. The fourth-order valence-corrected chi connectivity index (χ4v) is 3.31. The molecule has 0 amide bonds. The zero-order valence-corrected chi connectivity index (χ0v) is 15.7. The molecule has 31 heavy (non-hydrogen) atoms. The van der Waals surface area contributed by atoms with Crippen LogP contribution in [0.5, 0.6) is 0 Å². The SMILES string of the molecule is C=C(C(=O)O)C(Cc1ccccc1C(F)(F)F)(Cc1ccccc1C(F)(F)F)C(=O)O. The van der Waals surface area contributed by atoms with Gasteiger partial charge in [0.05, 0.1) is 11.1 Å². The third-order valence-electron chi connectivity index (χ3n) is 4.88. The number of carboxylic acids is 2. The average Bonchev–Trinajstić information content (AvgIpc) is 2.65. The molecule has 0 aromatic heterocycles. The zero-order chi connectivity index (χ0) is 23.6. The Balaban J connectivity index is 2.73. The summed E-state index contributed by atoms with van der Waals surface area (Å²) in [5, 5.41) is 19.2. The second kappa shape index (κ2) is 8.44. The first kappa shape index (κ1) is 24.0. The van der Waals surface area contributed by atoms with Gasteiger partial charge in [-0.05, 0) is 36.1 Å². The van der Waals surface area contributed by atoms with E-state index in [1.165, 1.54) is 12.1 Å². The van der Waals surface area contributed by atoms with Crippen molar-refractivity contribution >= 4 is 11.9 Å². The topological polar surface area (TPSA) is 74.6 Å². The molecule has 0 saturated heterocycles. The van der Waals surface area contributed by atoms with E-state index in [-0.39, 0.29) is 0 Å². The van der Waals surface area contributed by atoms with E-state index in [2.05, 4.69) is 6.58 Å². The summed E-state index contributed by atoms with van der Waals surface area (Å²) >= 11 is 0. The van der Waals surface area contributed by atoms with Gasteiger partial charge in [0.1, 0.15) is 5.41 Å². The number of hydrogen-bond donors (Lipinski definition) is 2. The Kier molecular flexibility index (Phi) is 6.53. The molecular formula is C21H16F6O4. The fraction of sp³-hybridized carbons (Fsp3) is 0.238. The van der Waals surface area contributed by atoms with Crippen molar-refractivity contribution in [1.29, 1.82) is 0 Å². The lowest BCUT2D eigenvalue weighted by atomic mass is 9.70. The van der Waals surface area contributed by atoms with Crippen LogP contribution in [0.1, 0.15) is 22.3 Å². The molecule has 4 nitrogen and oxygen atoms in total. The van der Waals surface area contributed by atoms with Gasteiger partial charge in [-0.1, -0.05) is 43.0 Å². The molecule has 0 atom stereocenters. The van der Waals surface area contributed by atoms with Crippen molar-refractivity contribution in [2.45, 2.75) is 25.2 Å². The Morgan fingerprint density at radius 2 is 1.10 bits per heavy atom. The van der Waals surface area contributed by atoms with Gasteiger partial charge in [0.25, 0.3) is 0 Å². The molecule has 0 aliphatic rings. The van der Waals surface area contributed by atoms with Crippen molar-refractivity contribution in [2.75, 3.05) is 0 Å². The predicted molar refractivity (Wildman–Crippen MR) is 97.1 cm³/mol. The number of carboxylic acid groups (broad SMARTS) is 2. The minimum absolute atomic E-state index is 0.579. The smallest absolute Gasteiger partial charge is 0.416 e. The summed E-state index contributed by atoms with van der Waals surface area (Å²) in [5.41, 5.74) is -7.30. The van der Waals surface area contributed by atoms with Crippen LogP contribution in [-0.2, 0) is 34.8 Å². The molecule has 166 valence electrons. The standard InChI is InChI=1S/C21H16F6O4/c1-12(17(28)29)19(18(30)31,10-13-6-2-4-8-15(13)20(22,23)24)11-14-7-3-5-9-16(14)21(25,26)27/h2-9H,1,10-11H2,(H,28,29)(H,30,31). The number of hydrogen-bond acceptors (Lipinski definition) is 2. The third kappa shape index (κ3) is 5.07. The second-order valence-electron chi connectivity index (χ2n) is 6.83. The van der Waals surface area contributed by atoms with Crippen LogP contribution in [0.15, 0.2) is 60.7 Å². The number of aliphatic carboxylic acids is 2. The van der Waals surface area contributed by atoms with E-state index in [9.17, 15) is 46.1 Å². The van der Waals surface area contributed by atoms with Crippen LogP contribution >= 0.6 is 0 Å². The summed E-state index contributed by atoms with van der Waals surface area (Å²) in [5.74, 6) is -3.76. The van der Waals surface area contributed by atoms with Crippen molar-refractivity contribution in [3.8, 4) is 0 Å². The lowest BCUT2D eigenvalue weighted by molar-refractivity contribution is -0.151. The quantitative estimate of drug-likeness (QED) is 0.452. The van der Waals surface area contributed by atoms with Crippen molar-refractivity contribution in [3.63, 3.8) is 0 Å². The summed E-state index contributed by atoms with van der Waals surface area (Å²) in [6.45, 7) is 3.18. The fourth-order valence-electron chi connectivity index (χ4n) is 3.31. The molecule has 2 aromatic rings. The Bertz CT molecular complexity index is 948. The van der Waals surface area contributed by atoms with Crippen LogP contribution in [0.2, 0.25) is 0 Å². The largest absolute Gasteiger partial charge is 0.481 e. The third-order valence-corrected chi connectivity index (χ3v) is 4.88. The maximum atomic E-state index is 13.4. The highest BCUT2D eigenvalue weighted by Gasteiger charge is 2.48. The van der Waals surface area contributed by atoms with Crippen LogP contribution in [-0.4, -0.2) is 22.2 Å². The summed E-state index contributed by atoms with van der Waals surface area (Å²) in [6.07, 6.45) is -11.9. The summed E-state index contributed by atoms with van der Waals surface area (Å²) in [7, 11) is 0. The zero-order valence-electron chi connectivity index (χ0n) is 15.7. The van der Waals surface area contributed by atoms with Gasteiger partial charge in [-0.3, -0.25) is 4.79 Å². The first-order chi connectivity index (χ1) is 14.2. The van der Waals surface area contributed by atoms with Gasteiger partial charge in [-0.15, -0.1) is 0 Å². The normalized spacial score (nSPS) is 12.5. The van der Waals surface area contributed by atoms with Gasteiger partial charge >= 0.3 is 24.3 Å². The first-order valence-corrected chi connectivity index (χ1v) is 8.66. The average molecular weight is 446 g/mol. The summed E-state index contributed by atoms with van der Waals surface area (Å²) < 4.78 is 80.4. The highest BCUT2D eigenvalue weighted by atomic mass is 19.4. The first-order valence-electron chi connectivity index (χ1n) is 8.66. The van der Waals surface area contributed by atoms with E-state index in [1.807, 2.05) is 0 Å². The van der Waals surface area contributed by atoms with E-state index in [1.54, 1.807) is 0 Å². The van der Waals surface area contributed by atoms with Crippen molar-refractivity contribution in [3.05, 3.63) is 82.9 Å². The van der Waals surface area contributed by atoms with E-state index in [0.717, 1.165) is 24.3 Å². The molecule has 0 aliphatic carbocycles. The molecule has 0 heterocycles. The molecule has 0 aliphatic heterocycles. The van der Waals surface area contributed by atoms with Gasteiger partial charge in [-0.25, -0.2) is 4.79 Å². The molecule has 0 unspecified atom stereocenters. The number of rotatable bonds is 7. The number of alkyl halides is 6. The van der Waals surface area contributed by atoms with Crippen LogP contribution in [0.25, 0.3) is 0 Å². The molecule has 10 heteroatoms. The lowest BCUT2D eigenvalue weighted by Crippen LogP contribution is -2.41. The maximum absolute atomic E-state index is 13.4. The molecule has 0 radical (unpaired) electrons. The van der Waals surface area contributed by atoms with Gasteiger partial charge in [0.15, 0.2) is 0 Å². The van der Waals surface area contributed by atoms with E-state index in [0.29, 0.717) is 12.1 Å². The highest BCUT2D eigenvalue weighted by Crippen LogP contribution is 2.42. The summed E-state index contributed by atoms with van der Waals surface area (Å²) in [6, 6.07) is 7.73. The Morgan fingerprint density at radius 3 is 1.39 bits per heavy atom. The van der Waals surface area contributed by atoms with Gasteiger partial charge in [0.2, 0.25) is 0 Å². The number of carbonyl (C=O) groups is 2. The van der Waals surface area contributed by atoms with Crippen LogP contribution in [0.3, 0.4) is 0 Å². The molecule has 2 N–H and O–H groups in total. The Hall–Kier alpha value is -3.30. The van der Waals surface area contributed by atoms with Crippen molar-refractivity contribution < 1.29 is 46.1 Å². The van der Waals surface area contributed by atoms with Crippen molar-refractivity contribution in [2.24, 2.45) is 5.41 Å². The molecular weight excluding hydrogens is 430 g/mol. The van der Waals surface area contributed by atoms with Crippen molar-refractivity contribution in [1.82, 2.24) is 0 Å². The van der Waals surface area contributed by atoms with Crippen LogP contribution in [0.4, 0.5) is 26.3 Å². The number of benzene rings is 2.